The fourth-order valence-corrected chi connectivity index (χ4v) is 2.71. The van der Waals surface area contributed by atoms with Crippen LogP contribution in [-0.2, 0) is 17.5 Å². The number of anilines is 1. The van der Waals surface area contributed by atoms with Gasteiger partial charge in [0.05, 0.1) is 5.69 Å². The Hall–Kier alpha value is -3.76. The summed E-state index contributed by atoms with van der Waals surface area (Å²) in [6.07, 6.45) is -4.93. The second kappa shape index (κ2) is 9.16. The molecule has 0 aliphatic rings. The maximum Gasteiger partial charge on any atom is 0.435 e. The summed E-state index contributed by atoms with van der Waals surface area (Å²) < 4.78 is 54.5. The fourth-order valence-electron chi connectivity index (χ4n) is 2.71. The molecule has 0 saturated carbocycles. The van der Waals surface area contributed by atoms with Crippen molar-refractivity contribution in [2.45, 2.75) is 26.6 Å². The summed E-state index contributed by atoms with van der Waals surface area (Å²) >= 11 is 0. The maximum absolute atomic E-state index is 13.6. The largest absolute Gasteiger partial charge is 0.435 e. The van der Waals surface area contributed by atoms with Crippen LogP contribution in [0, 0.1) is 11.7 Å². The number of nitrogens with zero attached hydrogens (tertiary/aromatic N) is 3. The van der Waals surface area contributed by atoms with Crippen LogP contribution in [0.3, 0.4) is 0 Å². The quantitative estimate of drug-likeness (QED) is 0.558. The zero-order valence-electron chi connectivity index (χ0n) is 17.1. The molecule has 0 unspecified atom stereocenters. The number of hydrogen-bond donors (Lipinski definition) is 2. The van der Waals surface area contributed by atoms with Crippen molar-refractivity contribution in [3.8, 4) is 5.69 Å². The number of hydrogen-bond acceptors (Lipinski definition) is 4. The van der Waals surface area contributed by atoms with E-state index >= 15 is 0 Å². The first-order valence-electron chi connectivity index (χ1n) is 9.53. The van der Waals surface area contributed by atoms with E-state index < -0.39 is 29.3 Å². The van der Waals surface area contributed by atoms with Crippen molar-refractivity contribution in [1.29, 1.82) is 0 Å². The van der Waals surface area contributed by atoms with Crippen LogP contribution in [0.2, 0.25) is 0 Å². The zero-order chi connectivity index (χ0) is 23.5. The van der Waals surface area contributed by atoms with Gasteiger partial charge in [-0.3, -0.25) is 9.59 Å². The van der Waals surface area contributed by atoms with Crippen molar-refractivity contribution in [2.75, 3.05) is 5.32 Å². The minimum absolute atomic E-state index is 0.0715. The van der Waals surface area contributed by atoms with E-state index in [2.05, 4.69) is 20.9 Å². The average molecular weight is 449 g/mol. The third kappa shape index (κ3) is 5.29. The Labute approximate surface area is 180 Å². The molecule has 1 heterocycles. The van der Waals surface area contributed by atoms with Crippen molar-refractivity contribution >= 4 is 17.5 Å². The summed E-state index contributed by atoms with van der Waals surface area (Å²) in [5, 5.41) is 11.9. The lowest BCUT2D eigenvalue weighted by Crippen LogP contribution is -2.27. The number of halogens is 4. The van der Waals surface area contributed by atoms with Gasteiger partial charge in [-0.05, 0) is 42.0 Å². The summed E-state index contributed by atoms with van der Waals surface area (Å²) in [5.74, 6) is -2.05. The van der Waals surface area contributed by atoms with Crippen molar-refractivity contribution in [3.63, 3.8) is 0 Å². The van der Waals surface area contributed by atoms with E-state index in [4.69, 9.17) is 0 Å². The molecule has 32 heavy (non-hydrogen) atoms. The number of rotatable bonds is 6. The molecule has 1 aromatic heterocycles. The van der Waals surface area contributed by atoms with Crippen LogP contribution in [0.15, 0.2) is 48.5 Å². The number of aromatic nitrogens is 3. The number of carbonyl (C=O) groups is 2. The van der Waals surface area contributed by atoms with E-state index in [1.807, 2.05) is 0 Å². The van der Waals surface area contributed by atoms with E-state index in [0.29, 0.717) is 15.9 Å². The standard InChI is InChI=1S/C21H19F4N5O2/c1-12(2)19(31)27-15-7-3-13(4-8-15)11-26-20(32)17-18(21(23,24)25)30(29-28-17)16-9-5-14(22)6-10-16/h3-10,12H,11H2,1-2H3,(H,26,32)(H,27,31). The fraction of sp³-hybridized carbons (Fsp3) is 0.238. The number of alkyl halides is 3. The lowest BCUT2D eigenvalue weighted by atomic mass is 10.1. The highest BCUT2D eigenvalue weighted by Crippen LogP contribution is 2.32. The van der Waals surface area contributed by atoms with E-state index in [-0.39, 0.29) is 24.1 Å². The Bertz CT molecular complexity index is 1110. The van der Waals surface area contributed by atoms with E-state index in [0.717, 1.165) is 24.3 Å². The minimum atomic E-state index is -4.93. The first-order chi connectivity index (χ1) is 15.1. The number of benzene rings is 2. The van der Waals surface area contributed by atoms with E-state index in [1.165, 1.54) is 0 Å². The third-order valence-corrected chi connectivity index (χ3v) is 4.42. The monoisotopic (exact) mass is 449 g/mol. The zero-order valence-corrected chi connectivity index (χ0v) is 17.1. The highest BCUT2D eigenvalue weighted by atomic mass is 19.4. The maximum atomic E-state index is 13.6. The summed E-state index contributed by atoms with van der Waals surface area (Å²) in [6, 6.07) is 10.6. The number of amides is 2. The molecule has 7 nitrogen and oxygen atoms in total. The molecule has 2 aromatic carbocycles. The van der Waals surface area contributed by atoms with E-state index in [9.17, 15) is 27.2 Å². The van der Waals surface area contributed by atoms with Crippen LogP contribution in [0.25, 0.3) is 5.69 Å². The summed E-state index contributed by atoms with van der Waals surface area (Å²) in [6.45, 7) is 3.43. The lowest BCUT2D eigenvalue weighted by Gasteiger charge is -2.11. The molecule has 0 fully saturated rings. The highest BCUT2D eigenvalue weighted by molar-refractivity contribution is 5.93. The van der Waals surface area contributed by atoms with Crippen molar-refractivity contribution in [1.82, 2.24) is 20.3 Å². The molecule has 2 N–H and O–H groups in total. The predicted octanol–water partition coefficient (Wildman–Crippen LogP) is 3.95. The molecule has 0 aliphatic carbocycles. The molecule has 3 aromatic rings. The Morgan fingerprint density at radius 1 is 1.03 bits per heavy atom. The summed E-state index contributed by atoms with van der Waals surface area (Å²) in [5.41, 5.74) is -1.21. The van der Waals surface area contributed by atoms with Crippen LogP contribution in [0.1, 0.15) is 35.6 Å². The third-order valence-electron chi connectivity index (χ3n) is 4.42. The van der Waals surface area contributed by atoms with Crippen LogP contribution in [0.4, 0.5) is 23.2 Å². The topological polar surface area (TPSA) is 88.9 Å². The molecule has 0 bridgehead atoms. The first kappa shape index (κ1) is 22.9. The minimum Gasteiger partial charge on any atom is -0.346 e. The normalized spacial score (nSPS) is 11.5. The Morgan fingerprint density at radius 2 is 1.66 bits per heavy atom. The molecule has 168 valence electrons. The van der Waals surface area contributed by atoms with Gasteiger partial charge in [0.25, 0.3) is 5.91 Å². The van der Waals surface area contributed by atoms with Gasteiger partial charge in [0.1, 0.15) is 5.82 Å². The second-order valence-electron chi connectivity index (χ2n) is 7.20. The molecule has 0 saturated heterocycles. The highest BCUT2D eigenvalue weighted by Gasteiger charge is 2.42. The lowest BCUT2D eigenvalue weighted by molar-refractivity contribution is -0.143. The van der Waals surface area contributed by atoms with Gasteiger partial charge in [-0.25, -0.2) is 9.07 Å². The second-order valence-corrected chi connectivity index (χ2v) is 7.20. The summed E-state index contributed by atoms with van der Waals surface area (Å²) in [7, 11) is 0. The van der Waals surface area contributed by atoms with Gasteiger partial charge in [-0.2, -0.15) is 13.2 Å². The molecule has 0 radical (unpaired) electrons. The Morgan fingerprint density at radius 3 is 2.22 bits per heavy atom. The molecule has 0 atom stereocenters. The van der Waals surface area contributed by atoms with Crippen LogP contribution in [0.5, 0.6) is 0 Å². The Kier molecular flexibility index (Phi) is 6.56. The number of nitrogens with one attached hydrogen (secondary N) is 2. The van der Waals surface area contributed by atoms with Crippen molar-refractivity contribution in [3.05, 3.63) is 71.3 Å². The van der Waals surface area contributed by atoms with Crippen molar-refractivity contribution < 1.29 is 27.2 Å². The number of carbonyl (C=O) groups excluding carboxylic acids is 2. The smallest absolute Gasteiger partial charge is 0.346 e. The van der Waals surface area contributed by atoms with Crippen LogP contribution in [-0.4, -0.2) is 26.8 Å². The average Bonchev–Trinajstić information content (AvgIpc) is 3.19. The van der Waals surface area contributed by atoms with E-state index in [1.54, 1.807) is 38.1 Å². The Balaban J connectivity index is 1.75. The van der Waals surface area contributed by atoms with Gasteiger partial charge >= 0.3 is 6.18 Å². The first-order valence-corrected chi connectivity index (χ1v) is 9.53. The van der Waals surface area contributed by atoms with Gasteiger partial charge in [0, 0.05) is 18.2 Å². The SMILES string of the molecule is CC(C)C(=O)Nc1ccc(CNC(=O)c2nnn(-c3ccc(F)cc3)c2C(F)(F)F)cc1. The van der Waals surface area contributed by atoms with Crippen LogP contribution < -0.4 is 10.6 Å². The molecular formula is C21H19F4N5O2. The van der Waals surface area contributed by atoms with Crippen LogP contribution >= 0.6 is 0 Å². The van der Waals surface area contributed by atoms with Gasteiger partial charge in [0.2, 0.25) is 5.91 Å². The van der Waals surface area contributed by atoms with Gasteiger partial charge in [-0.15, -0.1) is 5.10 Å². The van der Waals surface area contributed by atoms with Gasteiger partial charge in [0.15, 0.2) is 11.4 Å². The molecule has 0 aliphatic heterocycles. The molecular weight excluding hydrogens is 430 g/mol. The molecule has 0 spiro atoms. The predicted molar refractivity (Wildman–Crippen MR) is 107 cm³/mol. The van der Waals surface area contributed by atoms with Crippen molar-refractivity contribution in [2.24, 2.45) is 5.92 Å². The molecule has 11 heteroatoms. The van der Waals surface area contributed by atoms with Gasteiger partial charge in [-0.1, -0.05) is 31.2 Å². The van der Waals surface area contributed by atoms with Gasteiger partial charge < -0.3 is 10.6 Å². The molecule has 2 amide bonds. The summed E-state index contributed by atoms with van der Waals surface area (Å²) in [4.78, 5) is 24.1. The molecule has 3 rings (SSSR count).